The van der Waals surface area contributed by atoms with Gasteiger partial charge in [0, 0.05) is 0 Å². The lowest BCUT2D eigenvalue weighted by atomic mass is 10.2. The maximum absolute atomic E-state index is 11.6. The minimum Gasteiger partial charge on any atom is -0.459 e. The maximum Gasteiger partial charge on any atom is 0.328 e. The number of nitrogens with zero attached hydrogens (tertiary/aromatic N) is 2. The molecule has 0 unspecified atom stereocenters. The Morgan fingerprint density at radius 3 is 2.50 bits per heavy atom. The normalized spacial score (nSPS) is 11.6. The van der Waals surface area contributed by atoms with Crippen molar-refractivity contribution in [1.82, 2.24) is 9.78 Å². The number of carbonyl (C=O) groups excluding carboxylic acids is 1. The molecule has 1 aromatic rings. The Hall–Kier alpha value is -0.300. The third-order valence-corrected chi connectivity index (χ3v) is 3.32. The van der Waals surface area contributed by atoms with Crippen LogP contribution in [0.15, 0.2) is 0 Å². The lowest BCUT2D eigenvalue weighted by Crippen LogP contribution is -2.27. The zero-order chi connectivity index (χ0) is 12.5. The van der Waals surface area contributed by atoms with Gasteiger partial charge in [-0.05, 0) is 50.3 Å². The first-order valence-electron chi connectivity index (χ1n) is 4.81. The second-order valence-electron chi connectivity index (χ2n) is 4.43. The van der Waals surface area contributed by atoms with Gasteiger partial charge >= 0.3 is 5.97 Å². The van der Waals surface area contributed by atoms with E-state index in [1.165, 1.54) is 0 Å². The van der Waals surface area contributed by atoms with E-state index >= 15 is 0 Å². The van der Waals surface area contributed by atoms with E-state index in [1.807, 2.05) is 50.3 Å². The molecule has 0 aliphatic heterocycles. The minimum atomic E-state index is -0.477. The quantitative estimate of drug-likeness (QED) is 0.604. The van der Waals surface area contributed by atoms with Crippen LogP contribution in [0, 0.1) is 10.6 Å². The number of hydrogen-bond acceptors (Lipinski definition) is 3. The first-order chi connectivity index (χ1) is 7.20. The smallest absolute Gasteiger partial charge is 0.328 e. The Morgan fingerprint density at radius 1 is 1.56 bits per heavy atom. The maximum atomic E-state index is 11.6. The third-order valence-electron chi connectivity index (χ3n) is 1.79. The minimum absolute atomic E-state index is 0.0891. The SMILES string of the molecule is Cc1c(Cl)c(I)nn1CC(=O)OC(C)(C)C. The number of rotatable bonds is 2. The Morgan fingerprint density at radius 2 is 2.12 bits per heavy atom. The van der Waals surface area contributed by atoms with Gasteiger partial charge in [-0.3, -0.25) is 9.48 Å². The molecule has 90 valence electrons. The van der Waals surface area contributed by atoms with E-state index in [2.05, 4.69) is 5.10 Å². The highest BCUT2D eigenvalue weighted by Crippen LogP contribution is 2.21. The molecule has 0 aliphatic rings. The Balaban J connectivity index is 2.74. The first-order valence-corrected chi connectivity index (χ1v) is 6.26. The van der Waals surface area contributed by atoms with Gasteiger partial charge in [-0.1, -0.05) is 11.6 Å². The van der Waals surface area contributed by atoms with Crippen LogP contribution in [0.5, 0.6) is 0 Å². The summed E-state index contributed by atoms with van der Waals surface area (Å²) in [5.41, 5.74) is 0.298. The van der Waals surface area contributed by atoms with Crippen LogP contribution in [-0.4, -0.2) is 21.4 Å². The molecule has 16 heavy (non-hydrogen) atoms. The molecule has 0 N–H and O–H groups in total. The molecule has 0 fully saturated rings. The average molecular weight is 357 g/mol. The van der Waals surface area contributed by atoms with Crippen molar-refractivity contribution in [1.29, 1.82) is 0 Å². The van der Waals surface area contributed by atoms with Gasteiger partial charge in [0.25, 0.3) is 0 Å². The third kappa shape index (κ3) is 3.62. The van der Waals surface area contributed by atoms with E-state index < -0.39 is 5.60 Å². The molecule has 0 atom stereocenters. The summed E-state index contributed by atoms with van der Waals surface area (Å²) in [7, 11) is 0. The molecule has 0 aliphatic carbocycles. The fourth-order valence-corrected chi connectivity index (χ4v) is 1.92. The zero-order valence-electron chi connectivity index (χ0n) is 9.67. The number of esters is 1. The molecule has 4 nitrogen and oxygen atoms in total. The fourth-order valence-electron chi connectivity index (χ4n) is 1.14. The van der Waals surface area contributed by atoms with Gasteiger partial charge in [0.1, 0.15) is 15.8 Å². The highest BCUT2D eigenvalue weighted by Gasteiger charge is 2.19. The summed E-state index contributed by atoms with van der Waals surface area (Å²) in [6.07, 6.45) is 0. The molecule has 0 saturated heterocycles. The molecule has 0 aromatic carbocycles. The largest absolute Gasteiger partial charge is 0.459 e. The van der Waals surface area contributed by atoms with E-state index in [4.69, 9.17) is 16.3 Å². The van der Waals surface area contributed by atoms with Crippen molar-refractivity contribution in [2.75, 3.05) is 0 Å². The number of halogens is 2. The van der Waals surface area contributed by atoms with Gasteiger partial charge in [0.2, 0.25) is 0 Å². The molecule has 6 heteroatoms. The Labute approximate surface area is 113 Å². The Kier molecular flexibility index (Phi) is 4.23. The summed E-state index contributed by atoms with van der Waals surface area (Å²) < 4.78 is 7.45. The summed E-state index contributed by atoms with van der Waals surface area (Å²) in [4.78, 5) is 11.6. The number of hydrogen-bond donors (Lipinski definition) is 0. The molecule has 0 saturated carbocycles. The summed E-state index contributed by atoms with van der Waals surface area (Å²) in [5.74, 6) is -0.314. The van der Waals surface area contributed by atoms with Crippen LogP contribution >= 0.6 is 34.2 Å². The topological polar surface area (TPSA) is 44.1 Å². The first kappa shape index (κ1) is 13.8. The molecule has 1 aromatic heterocycles. The number of ether oxygens (including phenoxy) is 1. The van der Waals surface area contributed by atoms with Crippen molar-refractivity contribution in [2.24, 2.45) is 0 Å². The van der Waals surface area contributed by atoms with Gasteiger partial charge < -0.3 is 4.74 Å². The van der Waals surface area contributed by atoms with Crippen LogP contribution < -0.4 is 0 Å². The van der Waals surface area contributed by atoms with E-state index in [0.717, 1.165) is 5.69 Å². The molecule has 0 radical (unpaired) electrons. The molecule has 0 amide bonds. The standard InChI is InChI=1S/C10H14ClIN2O2/c1-6-8(11)9(12)13-14(6)5-7(15)16-10(2,3)4/h5H2,1-4H3. The second kappa shape index (κ2) is 4.91. The molecular weight excluding hydrogens is 342 g/mol. The van der Waals surface area contributed by atoms with Gasteiger partial charge in [0.15, 0.2) is 0 Å². The van der Waals surface area contributed by atoms with Crippen LogP contribution in [0.2, 0.25) is 5.02 Å². The molecular formula is C10H14ClIN2O2. The van der Waals surface area contributed by atoms with Gasteiger partial charge in [-0.25, -0.2) is 0 Å². The number of aromatic nitrogens is 2. The van der Waals surface area contributed by atoms with Gasteiger partial charge in [-0.2, -0.15) is 5.10 Å². The highest BCUT2D eigenvalue weighted by molar-refractivity contribution is 14.1. The zero-order valence-corrected chi connectivity index (χ0v) is 12.6. The van der Waals surface area contributed by atoms with E-state index in [9.17, 15) is 4.79 Å². The van der Waals surface area contributed by atoms with Gasteiger partial charge in [-0.15, -0.1) is 0 Å². The molecule has 1 rings (SSSR count). The van der Waals surface area contributed by atoms with Crippen molar-refractivity contribution in [3.8, 4) is 0 Å². The average Bonchev–Trinajstić information content (AvgIpc) is 2.30. The highest BCUT2D eigenvalue weighted by atomic mass is 127. The number of carbonyl (C=O) groups is 1. The molecule has 0 spiro atoms. The summed E-state index contributed by atoms with van der Waals surface area (Å²) in [5, 5.41) is 4.74. The van der Waals surface area contributed by atoms with Crippen LogP contribution in [0.1, 0.15) is 26.5 Å². The van der Waals surface area contributed by atoms with E-state index in [-0.39, 0.29) is 12.5 Å². The molecule has 1 heterocycles. The van der Waals surface area contributed by atoms with Crippen molar-refractivity contribution < 1.29 is 9.53 Å². The van der Waals surface area contributed by atoms with Crippen LogP contribution in [0.4, 0.5) is 0 Å². The second-order valence-corrected chi connectivity index (χ2v) is 5.83. The monoisotopic (exact) mass is 356 g/mol. The Bertz CT molecular complexity index is 410. The summed E-state index contributed by atoms with van der Waals surface area (Å²) in [6, 6.07) is 0. The fraction of sp³-hybridized carbons (Fsp3) is 0.600. The van der Waals surface area contributed by atoms with E-state index in [1.54, 1.807) is 4.68 Å². The summed E-state index contributed by atoms with van der Waals surface area (Å²) >= 11 is 8.00. The van der Waals surface area contributed by atoms with Crippen molar-refractivity contribution >= 4 is 40.2 Å². The van der Waals surface area contributed by atoms with Crippen LogP contribution in [0.25, 0.3) is 0 Å². The van der Waals surface area contributed by atoms with Gasteiger partial charge in [0.05, 0.1) is 10.7 Å². The van der Waals surface area contributed by atoms with Crippen molar-refractivity contribution in [3.05, 3.63) is 14.4 Å². The lowest BCUT2D eigenvalue weighted by Gasteiger charge is -2.19. The van der Waals surface area contributed by atoms with Crippen molar-refractivity contribution in [3.63, 3.8) is 0 Å². The predicted molar refractivity (Wildman–Crippen MR) is 70.5 cm³/mol. The lowest BCUT2D eigenvalue weighted by molar-refractivity contribution is -0.155. The van der Waals surface area contributed by atoms with E-state index in [0.29, 0.717) is 8.72 Å². The van der Waals surface area contributed by atoms with Crippen LogP contribution in [0.3, 0.4) is 0 Å². The van der Waals surface area contributed by atoms with Crippen molar-refractivity contribution in [2.45, 2.75) is 39.8 Å². The molecule has 0 bridgehead atoms. The predicted octanol–water partition coefficient (Wildman–Crippen LogP) is 2.79. The summed E-state index contributed by atoms with van der Waals surface area (Å²) in [6.45, 7) is 7.40. The van der Waals surface area contributed by atoms with Crippen LogP contribution in [-0.2, 0) is 16.1 Å².